The Labute approximate surface area is 144 Å². The third kappa shape index (κ3) is 11.4. The summed E-state index contributed by atoms with van der Waals surface area (Å²) in [6.07, 6.45) is 0. The molecule has 0 aliphatic heterocycles. The average molecular weight is 356 g/mol. The fraction of sp³-hybridized carbons (Fsp3) is 0.471. The second kappa shape index (κ2) is 11.3. The van der Waals surface area contributed by atoms with Crippen molar-refractivity contribution in [2.24, 2.45) is 5.41 Å². The molecule has 1 radical (unpaired) electrons. The number of ether oxygens (including phenoxy) is 2. The van der Waals surface area contributed by atoms with Crippen LogP contribution in [0.3, 0.4) is 0 Å². The number of esters is 2. The minimum atomic E-state index is -0.446. The smallest absolute Gasteiger partial charge is 0.506 e. The van der Waals surface area contributed by atoms with Crippen molar-refractivity contribution in [2.75, 3.05) is 13.2 Å². The van der Waals surface area contributed by atoms with E-state index >= 15 is 0 Å². The summed E-state index contributed by atoms with van der Waals surface area (Å²) >= 11 is 0. The first-order valence-corrected chi connectivity index (χ1v) is 6.90. The predicted octanol–water partition coefficient (Wildman–Crippen LogP) is 3.70. The SMILES string of the molecule is CCOC(=O)c1[c-]cc(C(=O)OCC)cc1.[CH2-]C(C)(C)C.[Cu+2]. The summed E-state index contributed by atoms with van der Waals surface area (Å²) in [7, 11) is 0. The molecule has 0 unspecified atom stereocenters. The van der Waals surface area contributed by atoms with E-state index in [1.54, 1.807) is 13.8 Å². The van der Waals surface area contributed by atoms with Gasteiger partial charge in [-0.1, -0.05) is 26.3 Å². The van der Waals surface area contributed by atoms with Gasteiger partial charge in [-0.05, 0) is 19.4 Å². The molecule has 1 aromatic rings. The van der Waals surface area contributed by atoms with Crippen LogP contribution in [0.15, 0.2) is 18.2 Å². The van der Waals surface area contributed by atoms with Crippen molar-refractivity contribution < 1.29 is 36.1 Å². The van der Waals surface area contributed by atoms with Crippen LogP contribution in [0.5, 0.6) is 0 Å². The van der Waals surface area contributed by atoms with Gasteiger partial charge in [0.15, 0.2) is 0 Å². The van der Waals surface area contributed by atoms with Gasteiger partial charge in [-0.2, -0.15) is 5.41 Å². The molecule has 4 nitrogen and oxygen atoms in total. The maximum Gasteiger partial charge on any atom is 2.00 e. The third-order valence-corrected chi connectivity index (χ3v) is 1.82. The Bertz CT molecular complexity index is 404. The van der Waals surface area contributed by atoms with Gasteiger partial charge in [0.05, 0.1) is 13.2 Å². The standard InChI is InChI=1S/C12H13O4.C5H11.Cu/c1-3-15-11(13)9-5-7-10(8-6-9)12(14)16-4-2;1-5(2,3)4;/h5-7H,3-4H2,1-2H3;1H2,2-4H3;/q2*-1;+2. The molecule has 0 aliphatic carbocycles. The topological polar surface area (TPSA) is 52.6 Å². The molecule has 0 heterocycles. The Morgan fingerprint density at radius 3 is 1.91 bits per heavy atom. The molecule has 0 fully saturated rings. The molecule has 127 valence electrons. The summed E-state index contributed by atoms with van der Waals surface area (Å²) in [5.74, 6) is -0.868. The van der Waals surface area contributed by atoms with Gasteiger partial charge < -0.3 is 21.2 Å². The summed E-state index contributed by atoms with van der Waals surface area (Å²) < 4.78 is 9.59. The first-order valence-electron chi connectivity index (χ1n) is 6.90. The zero-order chi connectivity index (χ0) is 16.5. The van der Waals surface area contributed by atoms with Crippen LogP contribution < -0.4 is 0 Å². The molecule has 1 aromatic carbocycles. The predicted molar refractivity (Wildman–Crippen MR) is 82.0 cm³/mol. The van der Waals surface area contributed by atoms with Crippen molar-refractivity contribution in [3.05, 3.63) is 42.3 Å². The first kappa shape index (κ1) is 23.0. The molecular formula is C17H24CuO4. The number of rotatable bonds is 4. The molecule has 1 rings (SSSR count). The number of hydrogen-bond acceptors (Lipinski definition) is 4. The summed E-state index contributed by atoms with van der Waals surface area (Å²) in [6.45, 7) is 14.1. The number of benzene rings is 1. The number of carbonyl (C=O) groups is 2. The molecule has 5 heteroatoms. The second-order valence-electron chi connectivity index (χ2n) is 5.49. The zero-order valence-corrected chi connectivity index (χ0v) is 14.7. The van der Waals surface area contributed by atoms with Crippen molar-refractivity contribution in [3.63, 3.8) is 0 Å². The van der Waals surface area contributed by atoms with E-state index in [2.05, 4.69) is 33.8 Å². The van der Waals surface area contributed by atoms with Crippen LogP contribution in [0.4, 0.5) is 0 Å². The maximum absolute atomic E-state index is 11.3. The largest absolute Gasteiger partial charge is 2.00 e. The van der Waals surface area contributed by atoms with E-state index in [-0.39, 0.29) is 22.5 Å². The van der Waals surface area contributed by atoms with E-state index in [4.69, 9.17) is 9.47 Å². The van der Waals surface area contributed by atoms with Crippen molar-refractivity contribution in [1.82, 2.24) is 0 Å². The minimum Gasteiger partial charge on any atom is -0.506 e. The Hall–Kier alpha value is -1.32. The Morgan fingerprint density at radius 2 is 1.55 bits per heavy atom. The van der Waals surface area contributed by atoms with Crippen molar-refractivity contribution >= 4 is 11.9 Å². The van der Waals surface area contributed by atoms with Crippen LogP contribution in [-0.2, 0) is 26.5 Å². The van der Waals surface area contributed by atoms with E-state index in [1.807, 2.05) is 0 Å². The first-order chi connectivity index (χ1) is 9.69. The zero-order valence-electron chi connectivity index (χ0n) is 13.8. The van der Waals surface area contributed by atoms with Crippen molar-refractivity contribution in [2.45, 2.75) is 34.6 Å². The Kier molecular flexibility index (Phi) is 11.8. The van der Waals surface area contributed by atoms with Gasteiger partial charge in [0.25, 0.3) is 5.97 Å². The van der Waals surface area contributed by atoms with Crippen LogP contribution in [0.2, 0.25) is 0 Å². The van der Waals surface area contributed by atoms with Crippen LogP contribution in [-0.4, -0.2) is 25.2 Å². The second-order valence-corrected chi connectivity index (χ2v) is 5.49. The van der Waals surface area contributed by atoms with E-state index in [1.165, 1.54) is 18.2 Å². The fourth-order valence-corrected chi connectivity index (χ4v) is 1.10. The summed E-state index contributed by atoms with van der Waals surface area (Å²) in [5, 5.41) is 0. The normalized spacial score (nSPS) is 9.73. The quantitative estimate of drug-likeness (QED) is 0.469. The molecule has 0 atom stereocenters. The van der Waals surface area contributed by atoms with Crippen LogP contribution in [0.25, 0.3) is 0 Å². The van der Waals surface area contributed by atoms with Gasteiger partial charge in [0.2, 0.25) is 5.97 Å². The number of hydrogen-bond donors (Lipinski definition) is 0. The monoisotopic (exact) mass is 355 g/mol. The molecule has 0 amide bonds. The molecule has 0 aromatic heterocycles. The molecule has 0 saturated carbocycles. The summed E-state index contributed by atoms with van der Waals surface area (Å²) in [6, 6.07) is 7.11. The molecule has 0 N–H and O–H groups in total. The van der Waals surface area contributed by atoms with Gasteiger partial charge in [0.1, 0.15) is 0 Å². The van der Waals surface area contributed by atoms with Gasteiger partial charge in [0, 0.05) is 0 Å². The van der Waals surface area contributed by atoms with Gasteiger partial charge in [-0.3, -0.25) is 4.79 Å². The third-order valence-electron chi connectivity index (χ3n) is 1.82. The fourth-order valence-electron chi connectivity index (χ4n) is 1.10. The summed E-state index contributed by atoms with van der Waals surface area (Å²) in [4.78, 5) is 22.6. The van der Waals surface area contributed by atoms with E-state index in [0.29, 0.717) is 24.3 Å². The molecule has 0 aliphatic rings. The number of carbonyl (C=O) groups excluding carboxylic acids is 2. The summed E-state index contributed by atoms with van der Waals surface area (Å²) in [5.41, 5.74) is 0.921. The van der Waals surface area contributed by atoms with Gasteiger partial charge in [-0.15, -0.1) is 24.3 Å². The van der Waals surface area contributed by atoms with Crippen LogP contribution >= 0.6 is 0 Å². The van der Waals surface area contributed by atoms with E-state index in [0.717, 1.165) is 0 Å². The maximum atomic E-state index is 11.3. The minimum absolute atomic E-state index is 0. The van der Waals surface area contributed by atoms with Crippen molar-refractivity contribution in [1.29, 1.82) is 0 Å². The molecular weight excluding hydrogens is 332 g/mol. The Morgan fingerprint density at radius 1 is 1.09 bits per heavy atom. The Balaban J connectivity index is 0. The molecule has 22 heavy (non-hydrogen) atoms. The average Bonchev–Trinajstić information content (AvgIpc) is 2.37. The van der Waals surface area contributed by atoms with Gasteiger partial charge in [-0.25, -0.2) is 0 Å². The molecule has 0 bridgehead atoms. The molecule has 0 saturated heterocycles. The van der Waals surface area contributed by atoms with Crippen molar-refractivity contribution in [3.8, 4) is 0 Å². The van der Waals surface area contributed by atoms with E-state index in [9.17, 15) is 9.59 Å². The van der Waals surface area contributed by atoms with E-state index < -0.39 is 11.9 Å². The van der Waals surface area contributed by atoms with Crippen LogP contribution in [0, 0.1) is 18.4 Å². The molecule has 0 spiro atoms. The van der Waals surface area contributed by atoms with Gasteiger partial charge >= 0.3 is 17.1 Å². The van der Waals surface area contributed by atoms with Crippen LogP contribution in [0.1, 0.15) is 55.3 Å².